The predicted molar refractivity (Wildman–Crippen MR) is 81.5 cm³/mol. The van der Waals surface area contributed by atoms with Crippen molar-refractivity contribution in [2.45, 2.75) is 26.2 Å². The molecule has 1 aliphatic rings. The molecule has 1 aliphatic heterocycles. The fourth-order valence-corrected chi connectivity index (χ4v) is 2.49. The molecule has 1 fully saturated rings. The summed E-state index contributed by atoms with van der Waals surface area (Å²) < 4.78 is 1.99. The van der Waals surface area contributed by atoms with E-state index in [0.29, 0.717) is 12.4 Å². The maximum Gasteiger partial charge on any atom is 0.230 e. The lowest BCUT2D eigenvalue weighted by Crippen LogP contribution is -2.22. The van der Waals surface area contributed by atoms with E-state index in [9.17, 15) is 0 Å². The lowest BCUT2D eigenvalue weighted by atomic mass is 10.4. The van der Waals surface area contributed by atoms with E-state index in [1.165, 1.54) is 12.8 Å². The van der Waals surface area contributed by atoms with E-state index in [1.807, 2.05) is 24.7 Å². The predicted octanol–water partition coefficient (Wildman–Crippen LogP) is 1.23. The summed E-state index contributed by atoms with van der Waals surface area (Å²) in [6, 6.07) is 0. The Bertz CT molecular complexity index is 601. The van der Waals surface area contributed by atoms with Gasteiger partial charge in [0.2, 0.25) is 11.9 Å². The number of aromatic nitrogens is 5. The first-order valence-electron chi connectivity index (χ1n) is 7.46. The van der Waals surface area contributed by atoms with Crippen LogP contribution in [0.3, 0.4) is 0 Å². The molecule has 0 amide bonds. The highest BCUT2D eigenvalue weighted by atomic mass is 15.3. The van der Waals surface area contributed by atoms with Crippen molar-refractivity contribution in [2.75, 3.05) is 29.9 Å². The second-order valence-corrected chi connectivity index (χ2v) is 5.23. The summed E-state index contributed by atoms with van der Waals surface area (Å²) in [5, 5.41) is 3.19. The van der Waals surface area contributed by atoms with E-state index in [0.717, 1.165) is 37.2 Å². The van der Waals surface area contributed by atoms with Crippen LogP contribution in [0.2, 0.25) is 0 Å². The zero-order valence-electron chi connectivity index (χ0n) is 12.6. The van der Waals surface area contributed by atoms with E-state index in [2.05, 4.69) is 30.2 Å². The molecule has 7 heteroatoms. The van der Waals surface area contributed by atoms with Crippen LogP contribution in [-0.4, -0.2) is 44.1 Å². The van der Waals surface area contributed by atoms with Crippen molar-refractivity contribution in [3.05, 3.63) is 24.0 Å². The Morgan fingerprint density at radius 3 is 2.67 bits per heavy atom. The molecule has 0 aromatic carbocycles. The first-order valence-corrected chi connectivity index (χ1v) is 7.46. The lowest BCUT2D eigenvalue weighted by molar-refractivity contribution is 0.778. The van der Waals surface area contributed by atoms with Crippen LogP contribution in [0.15, 0.2) is 12.4 Å². The fraction of sp³-hybridized carbons (Fsp3) is 0.571. The number of rotatable bonds is 5. The Morgan fingerprint density at radius 2 is 2.00 bits per heavy atom. The van der Waals surface area contributed by atoms with Gasteiger partial charge in [0, 0.05) is 39.1 Å². The van der Waals surface area contributed by atoms with Gasteiger partial charge in [0.1, 0.15) is 11.6 Å². The summed E-state index contributed by atoms with van der Waals surface area (Å²) in [4.78, 5) is 20.2. The van der Waals surface area contributed by atoms with Gasteiger partial charge >= 0.3 is 0 Å². The number of hydrogen-bond acceptors (Lipinski definition) is 6. The number of aryl methyl sites for hydroxylation is 1. The average Bonchev–Trinajstić information content (AvgIpc) is 3.12. The third-order valence-corrected chi connectivity index (χ3v) is 3.63. The van der Waals surface area contributed by atoms with Crippen molar-refractivity contribution in [1.82, 2.24) is 24.5 Å². The van der Waals surface area contributed by atoms with E-state index < -0.39 is 0 Å². The van der Waals surface area contributed by atoms with Crippen molar-refractivity contribution in [3.63, 3.8) is 0 Å². The molecule has 0 unspecified atom stereocenters. The van der Waals surface area contributed by atoms with E-state index in [1.54, 1.807) is 6.20 Å². The third kappa shape index (κ3) is 3.12. The average molecular weight is 287 g/mol. The number of hydrogen-bond donors (Lipinski definition) is 1. The number of imidazole rings is 1. The Morgan fingerprint density at radius 1 is 1.19 bits per heavy atom. The Balaban J connectivity index is 1.89. The summed E-state index contributed by atoms with van der Waals surface area (Å²) in [6.45, 7) is 4.89. The first-order chi connectivity index (χ1) is 10.3. The molecule has 1 N–H and O–H groups in total. The van der Waals surface area contributed by atoms with E-state index in [4.69, 9.17) is 0 Å². The standard InChI is InChI=1S/C14H21N7/c1-3-15-13-17-11(10-12-16-6-9-20(12)2)18-14(19-13)21-7-4-5-8-21/h6,9H,3-5,7-8,10H2,1-2H3,(H,15,17,18,19). The Hall–Kier alpha value is -2.18. The minimum absolute atomic E-state index is 0.616. The second-order valence-electron chi connectivity index (χ2n) is 5.23. The molecular weight excluding hydrogens is 266 g/mol. The van der Waals surface area contributed by atoms with Gasteiger partial charge in [-0.3, -0.25) is 0 Å². The highest BCUT2D eigenvalue weighted by molar-refractivity contribution is 5.38. The van der Waals surface area contributed by atoms with Crippen LogP contribution in [0.5, 0.6) is 0 Å². The molecule has 2 aromatic rings. The number of nitrogens with one attached hydrogen (secondary N) is 1. The molecule has 0 aliphatic carbocycles. The van der Waals surface area contributed by atoms with Crippen molar-refractivity contribution in [1.29, 1.82) is 0 Å². The number of nitrogens with zero attached hydrogens (tertiary/aromatic N) is 6. The molecular formula is C14H21N7. The molecule has 0 spiro atoms. The molecule has 0 radical (unpaired) electrons. The summed E-state index contributed by atoms with van der Waals surface area (Å²) in [7, 11) is 1.98. The van der Waals surface area contributed by atoms with Gasteiger partial charge in [0.05, 0.1) is 6.42 Å². The Kier molecular flexibility index (Phi) is 3.98. The normalized spacial score (nSPS) is 14.7. The maximum atomic E-state index is 4.62. The highest BCUT2D eigenvalue weighted by Gasteiger charge is 2.17. The topological polar surface area (TPSA) is 71.8 Å². The molecule has 0 atom stereocenters. The zero-order valence-corrected chi connectivity index (χ0v) is 12.6. The zero-order chi connectivity index (χ0) is 14.7. The van der Waals surface area contributed by atoms with Gasteiger partial charge in [0.25, 0.3) is 0 Å². The first kappa shape index (κ1) is 13.8. The summed E-state index contributed by atoms with van der Waals surface area (Å²) in [5.41, 5.74) is 0. The molecule has 3 heterocycles. The van der Waals surface area contributed by atoms with Gasteiger partial charge in [-0.2, -0.15) is 15.0 Å². The van der Waals surface area contributed by atoms with Crippen LogP contribution in [-0.2, 0) is 13.5 Å². The van der Waals surface area contributed by atoms with Crippen molar-refractivity contribution in [3.8, 4) is 0 Å². The van der Waals surface area contributed by atoms with Crippen molar-refractivity contribution in [2.24, 2.45) is 7.05 Å². The fourth-order valence-electron chi connectivity index (χ4n) is 2.49. The highest BCUT2D eigenvalue weighted by Crippen LogP contribution is 2.17. The molecule has 1 saturated heterocycles. The van der Waals surface area contributed by atoms with Gasteiger partial charge in [0.15, 0.2) is 0 Å². The van der Waals surface area contributed by atoms with Gasteiger partial charge in [-0.05, 0) is 19.8 Å². The maximum absolute atomic E-state index is 4.62. The van der Waals surface area contributed by atoms with Crippen LogP contribution < -0.4 is 10.2 Å². The lowest BCUT2D eigenvalue weighted by Gasteiger charge is -2.16. The SMILES string of the molecule is CCNc1nc(Cc2nccn2C)nc(N2CCCC2)n1. The van der Waals surface area contributed by atoms with E-state index in [-0.39, 0.29) is 0 Å². The van der Waals surface area contributed by atoms with Gasteiger partial charge in [-0.15, -0.1) is 0 Å². The van der Waals surface area contributed by atoms with Gasteiger partial charge < -0.3 is 14.8 Å². The monoisotopic (exact) mass is 287 g/mol. The molecule has 0 bridgehead atoms. The van der Waals surface area contributed by atoms with Crippen LogP contribution in [0.1, 0.15) is 31.4 Å². The van der Waals surface area contributed by atoms with E-state index >= 15 is 0 Å². The van der Waals surface area contributed by atoms with Crippen LogP contribution in [0, 0.1) is 0 Å². The molecule has 112 valence electrons. The second kappa shape index (κ2) is 6.07. The summed E-state index contributed by atoms with van der Waals surface area (Å²) >= 11 is 0. The number of anilines is 2. The Labute approximate surface area is 124 Å². The quantitative estimate of drug-likeness (QED) is 0.891. The molecule has 2 aromatic heterocycles. The molecule has 7 nitrogen and oxygen atoms in total. The van der Waals surface area contributed by atoms with Gasteiger partial charge in [-0.1, -0.05) is 0 Å². The van der Waals surface area contributed by atoms with Crippen molar-refractivity contribution >= 4 is 11.9 Å². The van der Waals surface area contributed by atoms with Gasteiger partial charge in [-0.25, -0.2) is 4.98 Å². The van der Waals surface area contributed by atoms with Crippen LogP contribution in [0.25, 0.3) is 0 Å². The minimum atomic E-state index is 0.616. The van der Waals surface area contributed by atoms with Crippen LogP contribution in [0.4, 0.5) is 11.9 Å². The van der Waals surface area contributed by atoms with Crippen LogP contribution >= 0.6 is 0 Å². The molecule has 3 rings (SSSR count). The largest absolute Gasteiger partial charge is 0.354 e. The minimum Gasteiger partial charge on any atom is -0.354 e. The van der Waals surface area contributed by atoms with Crippen molar-refractivity contribution < 1.29 is 0 Å². The summed E-state index contributed by atoms with van der Waals surface area (Å²) in [5.74, 6) is 3.15. The summed E-state index contributed by atoms with van der Waals surface area (Å²) in [6.07, 6.45) is 6.76. The molecule has 21 heavy (non-hydrogen) atoms. The molecule has 0 saturated carbocycles. The smallest absolute Gasteiger partial charge is 0.230 e. The third-order valence-electron chi connectivity index (χ3n) is 3.63.